The second-order valence-electron chi connectivity index (χ2n) is 4.06. The van der Waals surface area contributed by atoms with Crippen molar-refractivity contribution in [3.05, 3.63) is 17.7 Å². The summed E-state index contributed by atoms with van der Waals surface area (Å²) < 4.78 is 0. The van der Waals surface area contributed by atoms with E-state index in [0.29, 0.717) is 5.25 Å². The van der Waals surface area contributed by atoms with Gasteiger partial charge in [-0.2, -0.15) is 11.8 Å². The molecule has 0 aromatic carbocycles. The number of rotatable bonds is 8. The molecule has 1 unspecified atom stereocenters. The van der Waals surface area contributed by atoms with Gasteiger partial charge >= 0.3 is 0 Å². The average molecular weight is 241 g/mol. The van der Waals surface area contributed by atoms with E-state index in [1.165, 1.54) is 18.5 Å². The zero-order valence-corrected chi connectivity index (χ0v) is 11.4. The fourth-order valence-corrected chi connectivity index (χ4v) is 2.13. The molecule has 1 rings (SSSR count). The van der Waals surface area contributed by atoms with Crippen LogP contribution in [0.25, 0.3) is 0 Å². The fourth-order valence-electron chi connectivity index (χ4n) is 1.31. The summed E-state index contributed by atoms with van der Waals surface area (Å²) >= 11 is 1.96. The van der Waals surface area contributed by atoms with E-state index < -0.39 is 0 Å². The second-order valence-corrected chi connectivity index (χ2v) is 5.49. The maximum atomic E-state index is 4.38. The standard InChI is InChI=1S/C12H23N3S/c1-4-6-13-7-11-8-14-12(15-11)9-16-10(3)5-2/h8,10,13H,4-7,9H2,1-3H3,(H,14,15). The zero-order chi connectivity index (χ0) is 11.8. The van der Waals surface area contributed by atoms with Crippen molar-refractivity contribution in [3.63, 3.8) is 0 Å². The molecule has 0 fully saturated rings. The molecule has 1 atom stereocenters. The van der Waals surface area contributed by atoms with Gasteiger partial charge in [-0.3, -0.25) is 0 Å². The highest BCUT2D eigenvalue weighted by molar-refractivity contribution is 7.99. The largest absolute Gasteiger partial charge is 0.344 e. The van der Waals surface area contributed by atoms with Gasteiger partial charge in [-0.1, -0.05) is 20.8 Å². The highest BCUT2D eigenvalue weighted by Crippen LogP contribution is 2.17. The van der Waals surface area contributed by atoms with Gasteiger partial charge in [0.1, 0.15) is 5.82 Å². The molecule has 2 N–H and O–H groups in total. The van der Waals surface area contributed by atoms with Crippen LogP contribution < -0.4 is 5.32 Å². The van der Waals surface area contributed by atoms with Crippen molar-refractivity contribution in [2.45, 2.75) is 51.2 Å². The van der Waals surface area contributed by atoms with Gasteiger partial charge in [0.2, 0.25) is 0 Å². The molecule has 3 nitrogen and oxygen atoms in total. The van der Waals surface area contributed by atoms with Crippen molar-refractivity contribution in [1.29, 1.82) is 0 Å². The molecule has 0 bridgehead atoms. The van der Waals surface area contributed by atoms with Crippen LogP contribution in [-0.2, 0) is 12.3 Å². The average Bonchev–Trinajstić information content (AvgIpc) is 2.74. The van der Waals surface area contributed by atoms with Crippen LogP contribution in [-0.4, -0.2) is 21.8 Å². The first kappa shape index (κ1) is 13.6. The summed E-state index contributed by atoms with van der Waals surface area (Å²) in [5.41, 5.74) is 1.19. The van der Waals surface area contributed by atoms with Crippen molar-refractivity contribution in [2.24, 2.45) is 0 Å². The van der Waals surface area contributed by atoms with Crippen LogP contribution in [0.4, 0.5) is 0 Å². The Bertz CT molecular complexity index is 286. The first-order valence-electron chi connectivity index (χ1n) is 6.11. The minimum atomic E-state index is 0.715. The molecule has 1 aromatic rings. The Morgan fingerprint density at radius 1 is 1.50 bits per heavy atom. The number of hydrogen-bond donors (Lipinski definition) is 2. The number of nitrogens with zero attached hydrogens (tertiary/aromatic N) is 1. The van der Waals surface area contributed by atoms with E-state index in [4.69, 9.17) is 0 Å². The molecule has 0 saturated carbocycles. The summed E-state index contributed by atoms with van der Waals surface area (Å²) in [6.07, 6.45) is 4.33. The third-order valence-electron chi connectivity index (χ3n) is 2.50. The lowest BCUT2D eigenvalue weighted by Gasteiger charge is -2.05. The van der Waals surface area contributed by atoms with E-state index in [9.17, 15) is 0 Å². The number of aromatic amines is 1. The summed E-state index contributed by atoms with van der Waals surface area (Å²) in [5.74, 6) is 2.08. The van der Waals surface area contributed by atoms with E-state index in [0.717, 1.165) is 24.7 Å². The summed E-state index contributed by atoms with van der Waals surface area (Å²) in [4.78, 5) is 7.74. The van der Waals surface area contributed by atoms with Gasteiger partial charge in [-0.05, 0) is 19.4 Å². The molecule has 4 heteroatoms. The van der Waals surface area contributed by atoms with Crippen LogP contribution in [0.15, 0.2) is 6.20 Å². The van der Waals surface area contributed by atoms with E-state index in [2.05, 4.69) is 36.1 Å². The van der Waals surface area contributed by atoms with Crippen LogP contribution >= 0.6 is 11.8 Å². The van der Waals surface area contributed by atoms with E-state index in [1.807, 2.05) is 18.0 Å². The van der Waals surface area contributed by atoms with Crippen molar-refractivity contribution < 1.29 is 0 Å². The Morgan fingerprint density at radius 2 is 2.31 bits per heavy atom. The van der Waals surface area contributed by atoms with Crippen LogP contribution in [0.5, 0.6) is 0 Å². The molecule has 0 aliphatic heterocycles. The Kier molecular flexibility index (Phi) is 6.57. The monoisotopic (exact) mass is 241 g/mol. The maximum Gasteiger partial charge on any atom is 0.116 e. The van der Waals surface area contributed by atoms with E-state index >= 15 is 0 Å². The molecule has 0 radical (unpaired) electrons. The lowest BCUT2D eigenvalue weighted by molar-refractivity contribution is 0.666. The third-order valence-corrected chi connectivity index (χ3v) is 3.85. The molecule has 0 amide bonds. The van der Waals surface area contributed by atoms with Crippen molar-refractivity contribution >= 4 is 11.8 Å². The Hall–Kier alpha value is -0.480. The summed E-state index contributed by atoms with van der Waals surface area (Å²) in [5, 5.41) is 4.08. The number of thioether (sulfide) groups is 1. The Labute approximate surface area is 103 Å². The lowest BCUT2D eigenvalue weighted by Crippen LogP contribution is -2.13. The molecule has 92 valence electrons. The zero-order valence-electron chi connectivity index (χ0n) is 10.5. The first-order valence-corrected chi connectivity index (χ1v) is 7.16. The molecule has 0 saturated heterocycles. The number of H-pyrrole nitrogens is 1. The molecular formula is C12H23N3S. The summed E-state index contributed by atoms with van der Waals surface area (Å²) in [6.45, 7) is 8.62. The molecule has 16 heavy (non-hydrogen) atoms. The highest BCUT2D eigenvalue weighted by Gasteiger charge is 2.03. The van der Waals surface area contributed by atoms with Gasteiger partial charge in [0.15, 0.2) is 0 Å². The van der Waals surface area contributed by atoms with Gasteiger partial charge in [-0.15, -0.1) is 0 Å². The minimum Gasteiger partial charge on any atom is -0.344 e. The second kappa shape index (κ2) is 7.74. The van der Waals surface area contributed by atoms with Crippen LogP contribution in [0.2, 0.25) is 0 Å². The van der Waals surface area contributed by atoms with Gasteiger partial charge in [0, 0.05) is 23.7 Å². The molecule has 1 heterocycles. The van der Waals surface area contributed by atoms with Gasteiger partial charge in [0.05, 0.1) is 5.75 Å². The lowest BCUT2D eigenvalue weighted by atomic mass is 10.4. The molecular weight excluding hydrogens is 218 g/mol. The van der Waals surface area contributed by atoms with Crippen LogP contribution in [0.1, 0.15) is 45.1 Å². The summed E-state index contributed by atoms with van der Waals surface area (Å²) in [7, 11) is 0. The smallest absolute Gasteiger partial charge is 0.116 e. The molecule has 1 aromatic heterocycles. The van der Waals surface area contributed by atoms with Crippen molar-refractivity contribution in [1.82, 2.24) is 15.3 Å². The first-order chi connectivity index (χ1) is 7.76. The van der Waals surface area contributed by atoms with Crippen LogP contribution in [0.3, 0.4) is 0 Å². The van der Waals surface area contributed by atoms with Crippen LogP contribution in [0, 0.1) is 0 Å². The number of nitrogens with one attached hydrogen (secondary N) is 2. The Morgan fingerprint density at radius 3 is 3.00 bits per heavy atom. The quantitative estimate of drug-likeness (QED) is 0.688. The minimum absolute atomic E-state index is 0.715. The van der Waals surface area contributed by atoms with Gasteiger partial charge < -0.3 is 10.3 Å². The normalized spacial score (nSPS) is 12.9. The third kappa shape index (κ3) is 5.03. The SMILES string of the molecule is CCCNCc1cnc(CSC(C)CC)[nH]1. The summed E-state index contributed by atoms with van der Waals surface area (Å²) in [6, 6.07) is 0. The van der Waals surface area contributed by atoms with Gasteiger partial charge in [0.25, 0.3) is 0 Å². The molecule has 0 aliphatic carbocycles. The fraction of sp³-hybridized carbons (Fsp3) is 0.750. The number of hydrogen-bond acceptors (Lipinski definition) is 3. The topological polar surface area (TPSA) is 40.7 Å². The van der Waals surface area contributed by atoms with Crippen molar-refractivity contribution in [2.75, 3.05) is 6.54 Å². The molecule has 0 aliphatic rings. The van der Waals surface area contributed by atoms with Gasteiger partial charge in [-0.25, -0.2) is 4.98 Å². The predicted molar refractivity (Wildman–Crippen MR) is 71.6 cm³/mol. The predicted octanol–water partition coefficient (Wildman–Crippen LogP) is 2.94. The number of imidazole rings is 1. The van der Waals surface area contributed by atoms with E-state index in [1.54, 1.807) is 0 Å². The maximum absolute atomic E-state index is 4.38. The highest BCUT2D eigenvalue weighted by atomic mass is 32.2. The van der Waals surface area contributed by atoms with Crippen molar-refractivity contribution in [3.8, 4) is 0 Å². The number of aromatic nitrogens is 2. The van der Waals surface area contributed by atoms with E-state index in [-0.39, 0.29) is 0 Å². The molecule has 0 spiro atoms. The Balaban J connectivity index is 2.28.